The molecule has 1 aromatic rings. The molecule has 1 aliphatic carbocycles. The molecule has 4 heteroatoms. The maximum atomic E-state index is 4.62. The Morgan fingerprint density at radius 1 is 1.39 bits per heavy atom. The molecule has 2 bridgehead atoms. The van der Waals surface area contributed by atoms with E-state index in [-0.39, 0.29) is 0 Å². The van der Waals surface area contributed by atoms with Gasteiger partial charge in [0.1, 0.15) is 17.5 Å². The Morgan fingerprint density at radius 2 is 2.28 bits per heavy atom. The number of piperidine rings is 1. The van der Waals surface area contributed by atoms with Gasteiger partial charge in [0.05, 0.1) is 0 Å². The van der Waals surface area contributed by atoms with Crippen molar-refractivity contribution in [1.82, 2.24) is 9.97 Å². The molecule has 2 atom stereocenters. The molecule has 0 radical (unpaired) electrons. The zero-order chi connectivity index (χ0) is 12.5. The molecule has 1 aromatic heterocycles. The van der Waals surface area contributed by atoms with Crippen LogP contribution >= 0.6 is 0 Å². The van der Waals surface area contributed by atoms with Gasteiger partial charge in [-0.05, 0) is 38.5 Å². The summed E-state index contributed by atoms with van der Waals surface area (Å²) >= 11 is 0. The van der Waals surface area contributed by atoms with Gasteiger partial charge >= 0.3 is 0 Å². The zero-order valence-electron chi connectivity index (χ0n) is 11.3. The lowest BCUT2D eigenvalue weighted by Crippen LogP contribution is -2.32. The van der Waals surface area contributed by atoms with Crippen LogP contribution in [0.4, 0.5) is 11.6 Å². The number of nitrogens with zero attached hydrogens (tertiary/aromatic N) is 3. The quantitative estimate of drug-likeness (QED) is 0.886. The second kappa shape index (κ2) is 4.75. The van der Waals surface area contributed by atoms with Gasteiger partial charge in [0.15, 0.2) is 0 Å². The minimum absolute atomic E-state index is 0.725. The van der Waals surface area contributed by atoms with Crippen LogP contribution in [0, 0.1) is 12.8 Å². The zero-order valence-corrected chi connectivity index (χ0v) is 11.3. The van der Waals surface area contributed by atoms with E-state index in [0.29, 0.717) is 0 Å². The third-order valence-corrected chi connectivity index (χ3v) is 4.08. The van der Waals surface area contributed by atoms with Crippen LogP contribution < -0.4 is 10.2 Å². The molecule has 1 N–H and O–H groups in total. The maximum absolute atomic E-state index is 4.62. The SMILES string of the molecule is CCCNc1cc(N2CC3CCC2C3)nc(C)n1. The summed E-state index contributed by atoms with van der Waals surface area (Å²) in [5.41, 5.74) is 0. The monoisotopic (exact) mass is 246 g/mol. The van der Waals surface area contributed by atoms with Crippen molar-refractivity contribution in [3.63, 3.8) is 0 Å². The van der Waals surface area contributed by atoms with Crippen LogP contribution in [0.3, 0.4) is 0 Å². The van der Waals surface area contributed by atoms with Crippen LogP contribution in [0.2, 0.25) is 0 Å². The molecule has 3 rings (SSSR count). The summed E-state index contributed by atoms with van der Waals surface area (Å²) in [6.07, 6.45) is 5.23. The standard InChI is InChI=1S/C14H22N4/c1-3-6-15-13-8-14(17-10(2)16-13)18-9-11-4-5-12(18)7-11/h8,11-12H,3-7,9H2,1-2H3,(H,15,16,17). The number of fused-ring (bicyclic) bond motifs is 2. The van der Waals surface area contributed by atoms with Gasteiger partial charge in [0.2, 0.25) is 0 Å². The normalized spacial score (nSPS) is 25.8. The summed E-state index contributed by atoms with van der Waals surface area (Å²) in [5, 5.41) is 3.37. The Morgan fingerprint density at radius 3 is 2.94 bits per heavy atom. The first-order chi connectivity index (χ1) is 8.76. The van der Waals surface area contributed by atoms with E-state index in [4.69, 9.17) is 0 Å². The van der Waals surface area contributed by atoms with E-state index in [1.165, 1.54) is 25.8 Å². The van der Waals surface area contributed by atoms with E-state index in [2.05, 4.69) is 33.2 Å². The summed E-state index contributed by atoms with van der Waals surface area (Å²) in [4.78, 5) is 11.6. The van der Waals surface area contributed by atoms with Crippen LogP contribution in [0.25, 0.3) is 0 Å². The largest absolute Gasteiger partial charge is 0.370 e. The highest BCUT2D eigenvalue weighted by Crippen LogP contribution is 2.39. The summed E-state index contributed by atoms with van der Waals surface area (Å²) < 4.78 is 0. The molecule has 4 nitrogen and oxygen atoms in total. The van der Waals surface area contributed by atoms with E-state index >= 15 is 0 Å². The summed E-state index contributed by atoms with van der Waals surface area (Å²) in [6.45, 7) is 6.31. The number of rotatable bonds is 4. The molecule has 18 heavy (non-hydrogen) atoms. The van der Waals surface area contributed by atoms with Gasteiger partial charge in [-0.2, -0.15) is 0 Å². The Hall–Kier alpha value is -1.32. The van der Waals surface area contributed by atoms with Crippen molar-refractivity contribution in [3.05, 3.63) is 11.9 Å². The van der Waals surface area contributed by atoms with Crippen molar-refractivity contribution in [2.45, 2.75) is 45.6 Å². The third-order valence-electron chi connectivity index (χ3n) is 4.08. The molecule has 1 saturated heterocycles. The lowest BCUT2D eigenvalue weighted by Gasteiger charge is -2.28. The average Bonchev–Trinajstić information content (AvgIpc) is 2.98. The van der Waals surface area contributed by atoms with Crippen molar-refractivity contribution in [3.8, 4) is 0 Å². The van der Waals surface area contributed by atoms with Gasteiger partial charge in [-0.3, -0.25) is 0 Å². The number of nitrogens with one attached hydrogen (secondary N) is 1. The molecule has 1 saturated carbocycles. The maximum Gasteiger partial charge on any atom is 0.134 e. The molecule has 2 unspecified atom stereocenters. The first-order valence-corrected chi connectivity index (χ1v) is 7.12. The van der Waals surface area contributed by atoms with Gasteiger partial charge < -0.3 is 10.2 Å². The number of aromatic nitrogens is 2. The Balaban J connectivity index is 1.81. The molecular weight excluding hydrogens is 224 g/mol. The van der Waals surface area contributed by atoms with Crippen molar-refractivity contribution in [2.75, 3.05) is 23.3 Å². The minimum atomic E-state index is 0.725. The Kier molecular flexibility index (Phi) is 3.10. The van der Waals surface area contributed by atoms with Crippen molar-refractivity contribution in [1.29, 1.82) is 0 Å². The van der Waals surface area contributed by atoms with Gasteiger partial charge in [-0.1, -0.05) is 6.92 Å². The first-order valence-electron chi connectivity index (χ1n) is 7.12. The highest BCUT2D eigenvalue weighted by molar-refractivity contribution is 5.51. The van der Waals surface area contributed by atoms with Crippen molar-refractivity contribution >= 4 is 11.6 Å². The molecule has 2 aliphatic rings. The van der Waals surface area contributed by atoms with E-state index in [0.717, 1.165) is 42.4 Å². The van der Waals surface area contributed by atoms with Gasteiger partial charge in [-0.15, -0.1) is 0 Å². The fourth-order valence-electron chi connectivity index (χ4n) is 3.25. The van der Waals surface area contributed by atoms with E-state index in [9.17, 15) is 0 Å². The number of hydrogen-bond donors (Lipinski definition) is 1. The smallest absolute Gasteiger partial charge is 0.134 e. The predicted octanol–water partition coefficient (Wildman–Crippen LogP) is 2.60. The Labute approximate surface area is 109 Å². The second-order valence-electron chi connectivity index (χ2n) is 5.57. The summed E-state index contributed by atoms with van der Waals surface area (Å²) in [7, 11) is 0. The molecule has 0 amide bonds. The van der Waals surface area contributed by atoms with Gasteiger partial charge in [-0.25, -0.2) is 9.97 Å². The fraction of sp³-hybridized carbons (Fsp3) is 0.714. The van der Waals surface area contributed by atoms with Crippen LogP contribution in [0.15, 0.2) is 6.07 Å². The Bertz CT molecular complexity index is 432. The highest BCUT2D eigenvalue weighted by atomic mass is 15.3. The molecule has 0 spiro atoms. The molecule has 2 fully saturated rings. The number of aryl methyl sites for hydroxylation is 1. The third kappa shape index (κ3) is 2.16. The molecule has 1 aliphatic heterocycles. The topological polar surface area (TPSA) is 41.0 Å². The van der Waals surface area contributed by atoms with Crippen LogP contribution in [-0.4, -0.2) is 29.1 Å². The molecule has 2 heterocycles. The van der Waals surface area contributed by atoms with Crippen LogP contribution in [0.1, 0.15) is 38.4 Å². The fourth-order valence-corrected chi connectivity index (χ4v) is 3.25. The highest BCUT2D eigenvalue weighted by Gasteiger charge is 2.38. The summed E-state index contributed by atoms with van der Waals surface area (Å²) in [5.74, 6) is 3.86. The lowest BCUT2D eigenvalue weighted by molar-refractivity contribution is 0.550. The van der Waals surface area contributed by atoms with E-state index in [1.54, 1.807) is 0 Å². The van der Waals surface area contributed by atoms with E-state index < -0.39 is 0 Å². The first kappa shape index (κ1) is 11.8. The van der Waals surface area contributed by atoms with Crippen LogP contribution in [0.5, 0.6) is 0 Å². The predicted molar refractivity (Wildman–Crippen MR) is 74.0 cm³/mol. The average molecular weight is 246 g/mol. The molecule has 98 valence electrons. The molecule has 0 aromatic carbocycles. The minimum Gasteiger partial charge on any atom is -0.370 e. The van der Waals surface area contributed by atoms with Crippen molar-refractivity contribution < 1.29 is 0 Å². The van der Waals surface area contributed by atoms with Gasteiger partial charge in [0, 0.05) is 25.2 Å². The van der Waals surface area contributed by atoms with E-state index in [1.807, 2.05) is 6.92 Å². The van der Waals surface area contributed by atoms with Crippen LogP contribution in [-0.2, 0) is 0 Å². The molecular formula is C14H22N4. The van der Waals surface area contributed by atoms with Crippen molar-refractivity contribution in [2.24, 2.45) is 5.92 Å². The lowest BCUT2D eigenvalue weighted by atomic mass is 10.1. The van der Waals surface area contributed by atoms with Gasteiger partial charge in [0.25, 0.3) is 0 Å². The number of hydrogen-bond acceptors (Lipinski definition) is 4. The summed E-state index contributed by atoms with van der Waals surface area (Å²) in [6, 6.07) is 2.84. The number of anilines is 2. The second-order valence-corrected chi connectivity index (χ2v) is 5.57.